The molecule has 0 heterocycles. The van der Waals surface area contributed by atoms with Crippen LogP contribution in [0.3, 0.4) is 0 Å². The minimum atomic E-state index is -0.509. The Labute approximate surface area is 133 Å². The maximum Gasteiger partial charge on any atom is 0.285 e. The summed E-state index contributed by atoms with van der Waals surface area (Å²) in [6.45, 7) is 8.42. The molecule has 1 unspecified atom stereocenters. The van der Waals surface area contributed by atoms with Crippen LogP contribution in [0, 0.1) is 22.5 Å². The van der Waals surface area contributed by atoms with Gasteiger partial charge in [-0.2, -0.15) is 0 Å². The van der Waals surface area contributed by atoms with Gasteiger partial charge in [0.2, 0.25) is 0 Å². The van der Waals surface area contributed by atoms with E-state index in [1.807, 2.05) is 0 Å². The molecule has 1 atom stereocenters. The fraction of sp³-hybridized carbons (Fsp3) is 0.533. The van der Waals surface area contributed by atoms with E-state index in [4.69, 9.17) is 0 Å². The number of hydrogen-bond donors (Lipinski definition) is 1. The first-order valence-corrected chi connectivity index (χ1v) is 7.69. The minimum absolute atomic E-state index is 0.107. The molecular weight excluding hydrogens is 336 g/mol. The van der Waals surface area contributed by atoms with Crippen LogP contribution in [0.25, 0.3) is 0 Å². The van der Waals surface area contributed by atoms with Gasteiger partial charge in [0.05, 0.1) is 4.92 Å². The van der Waals surface area contributed by atoms with Crippen LogP contribution >= 0.6 is 15.9 Å². The number of carbonyl (C=O) groups is 1. The maximum atomic E-state index is 12.2. The Morgan fingerprint density at radius 2 is 2.05 bits per heavy atom. The molecule has 0 aromatic heterocycles. The third-order valence-electron chi connectivity index (χ3n) is 2.98. The van der Waals surface area contributed by atoms with E-state index in [0.29, 0.717) is 12.1 Å². The molecule has 0 bridgehead atoms. The summed E-state index contributed by atoms with van der Waals surface area (Å²) in [5, 5.41) is 13.8. The number of para-hydroxylation sites is 1. The van der Waals surface area contributed by atoms with Gasteiger partial charge in [0.1, 0.15) is 5.56 Å². The molecule has 0 saturated heterocycles. The molecular formula is C15H21BrN2O3. The molecule has 116 valence electrons. The van der Waals surface area contributed by atoms with Crippen molar-refractivity contribution in [3.63, 3.8) is 0 Å². The van der Waals surface area contributed by atoms with Crippen LogP contribution in [0.5, 0.6) is 0 Å². The molecule has 0 aliphatic rings. The van der Waals surface area contributed by atoms with Crippen molar-refractivity contribution in [2.45, 2.75) is 38.9 Å². The van der Waals surface area contributed by atoms with Gasteiger partial charge in [-0.05, 0) is 24.8 Å². The Hall–Kier alpha value is -1.43. The molecule has 1 aromatic rings. The first kappa shape index (κ1) is 17.6. The number of nitro benzene ring substituents is 1. The number of benzene rings is 1. The summed E-state index contributed by atoms with van der Waals surface area (Å²) in [5.41, 5.74) is 0.610. The average molecular weight is 357 g/mol. The number of amides is 1. The SMILES string of the molecule is Cc1cccc(C(=O)NCC(Br)CC(C)(C)C)c1[N+](=O)[O-]. The Morgan fingerprint density at radius 3 is 2.57 bits per heavy atom. The van der Waals surface area contributed by atoms with Crippen molar-refractivity contribution in [3.05, 3.63) is 39.4 Å². The fourth-order valence-electron chi connectivity index (χ4n) is 2.12. The topological polar surface area (TPSA) is 72.2 Å². The third-order valence-corrected chi connectivity index (χ3v) is 3.63. The van der Waals surface area contributed by atoms with Crippen LogP contribution in [0.4, 0.5) is 5.69 Å². The summed E-state index contributed by atoms with van der Waals surface area (Å²) in [7, 11) is 0. The lowest BCUT2D eigenvalue weighted by atomic mass is 9.90. The second-order valence-electron chi connectivity index (χ2n) is 6.30. The predicted molar refractivity (Wildman–Crippen MR) is 87.0 cm³/mol. The van der Waals surface area contributed by atoms with Crippen LogP contribution in [0.2, 0.25) is 0 Å². The standard InChI is InChI=1S/C15H21BrN2O3/c1-10-6-5-7-12(13(10)18(20)21)14(19)17-9-11(16)8-15(2,3)4/h5-7,11H,8-9H2,1-4H3,(H,17,19). The Bertz CT molecular complexity index is 538. The van der Waals surface area contributed by atoms with Gasteiger partial charge in [-0.3, -0.25) is 14.9 Å². The monoisotopic (exact) mass is 356 g/mol. The summed E-state index contributed by atoms with van der Waals surface area (Å²) in [6.07, 6.45) is 0.892. The van der Waals surface area contributed by atoms with Crippen molar-refractivity contribution in [1.29, 1.82) is 0 Å². The largest absolute Gasteiger partial charge is 0.351 e. The lowest BCUT2D eigenvalue weighted by Gasteiger charge is -2.22. The van der Waals surface area contributed by atoms with E-state index in [1.165, 1.54) is 6.07 Å². The quantitative estimate of drug-likeness (QED) is 0.494. The molecule has 1 N–H and O–H groups in total. The predicted octanol–water partition coefficient (Wildman–Crippen LogP) is 3.83. The number of alkyl halides is 1. The van der Waals surface area contributed by atoms with Crippen LogP contribution in [0.15, 0.2) is 18.2 Å². The van der Waals surface area contributed by atoms with Gasteiger partial charge in [0, 0.05) is 16.9 Å². The number of nitrogens with one attached hydrogen (secondary N) is 1. The highest BCUT2D eigenvalue weighted by atomic mass is 79.9. The zero-order valence-corrected chi connectivity index (χ0v) is 14.4. The molecule has 0 aliphatic heterocycles. The molecule has 6 heteroatoms. The molecule has 1 rings (SSSR count). The van der Waals surface area contributed by atoms with Crippen LogP contribution in [0.1, 0.15) is 43.1 Å². The number of nitro groups is 1. The molecule has 5 nitrogen and oxygen atoms in total. The summed E-state index contributed by atoms with van der Waals surface area (Å²) < 4.78 is 0. The highest BCUT2D eigenvalue weighted by Crippen LogP contribution is 2.25. The number of aryl methyl sites for hydroxylation is 1. The van der Waals surface area contributed by atoms with Gasteiger partial charge in [-0.25, -0.2) is 0 Å². The average Bonchev–Trinajstić information content (AvgIpc) is 2.33. The first-order chi connectivity index (χ1) is 9.61. The second-order valence-corrected chi connectivity index (χ2v) is 7.60. The maximum absolute atomic E-state index is 12.2. The van der Waals surface area contributed by atoms with Crippen molar-refractivity contribution in [2.75, 3.05) is 6.54 Å². The van der Waals surface area contributed by atoms with Gasteiger partial charge in [0.15, 0.2) is 0 Å². The lowest BCUT2D eigenvalue weighted by Crippen LogP contribution is -2.31. The first-order valence-electron chi connectivity index (χ1n) is 6.78. The van der Waals surface area contributed by atoms with Crippen molar-refractivity contribution in [3.8, 4) is 0 Å². The molecule has 1 amide bonds. The summed E-state index contributed by atoms with van der Waals surface area (Å²) in [4.78, 5) is 22.9. The Balaban J connectivity index is 2.78. The molecule has 0 fully saturated rings. The van der Waals surface area contributed by atoms with Crippen LogP contribution < -0.4 is 5.32 Å². The van der Waals surface area contributed by atoms with Crippen molar-refractivity contribution in [2.24, 2.45) is 5.41 Å². The highest BCUT2D eigenvalue weighted by Gasteiger charge is 2.23. The van der Waals surface area contributed by atoms with E-state index in [1.54, 1.807) is 19.1 Å². The smallest absolute Gasteiger partial charge is 0.285 e. The number of nitrogens with zero attached hydrogens (tertiary/aromatic N) is 1. The molecule has 0 spiro atoms. The van der Waals surface area contributed by atoms with Gasteiger partial charge in [-0.15, -0.1) is 0 Å². The molecule has 21 heavy (non-hydrogen) atoms. The van der Waals surface area contributed by atoms with E-state index >= 15 is 0 Å². The van der Waals surface area contributed by atoms with Crippen LogP contribution in [-0.4, -0.2) is 22.2 Å². The van der Waals surface area contributed by atoms with E-state index in [-0.39, 0.29) is 21.5 Å². The molecule has 0 radical (unpaired) electrons. The zero-order chi connectivity index (χ0) is 16.2. The van der Waals surface area contributed by atoms with E-state index in [2.05, 4.69) is 42.0 Å². The normalized spacial score (nSPS) is 12.8. The fourth-order valence-corrected chi connectivity index (χ4v) is 3.25. The van der Waals surface area contributed by atoms with E-state index < -0.39 is 10.8 Å². The molecule has 0 aliphatic carbocycles. The number of halogens is 1. The number of hydrogen-bond acceptors (Lipinski definition) is 3. The summed E-state index contributed by atoms with van der Waals surface area (Å²) in [6, 6.07) is 4.76. The zero-order valence-electron chi connectivity index (χ0n) is 12.8. The minimum Gasteiger partial charge on any atom is -0.351 e. The van der Waals surface area contributed by atoms with Gasteiger partial charge >= 0.3 is 0 Å². The number of carbonyl (C=O) groups excluding carboxylic acids is 1. The van der Waals surface area contributed by atoms with Gasteiger partial charge in [-0.1, -0.05) is 48.8 Å². The molecule has 0 saturated carbocycles. The van der Waals surface area contributed by atoms with Crippen molar-refractivity contribution < 1.29 is 9.72 Å². The van der Waals surface area contributed by atoms with Crippen LogP contribution in [-0.2, 0) is 0 Å². The van der Waals surface area contributed by atoms with E-state index in [0.717, 1.165) is 6.42 Å². The number of rotatable bonds is 5. The Morgan fingerprint density at radius 1 is 1.43 bits per heavy atom. The third kappa shape index (κ3) is 5.46. The summed E-state index contributed by atoms with van der Waals surface area (Å²) >= 11 is 3.53. The van der Waals surface area contributed by atoms with Gasteiger partial charge < -0.3 is 5.32 Å². The van der Waals surface area contributed by atoms with Crippen molar-refractivity contribution in [1.82, 2.24) is 5.32 Å². The van der Waals surface area contributed by atoms with E-state index in [9.17, 15) is 14.9 Å². The molecule has 1 aromatic carbocycles. The lowest BCUT2D eigenvalue weighted by molar-refractivity contribution is -0.385. The Kier molecular flexibility index (Phi) is 5.89. The summed E-state index contributed by atoms with van der Waals surface area (Å²) in [5.74, 6) is -0.413. The van der Waals surface area contributed by atoms with Crippen molar-refractivity contribution >= 4 is 27.5 Å². The second kappa shape index (κ2) is 7.02. The van der Waals surface area contributed by atoms with Gasteiger partial charge in [0.25, 0.3) is 11.6 Å². The highest BCUT2D eigenvalue weighted by molar-refractivity contribution is 9.09.